The molecule has 0 spiro atoms. The summed E-state index contributed by atoms with van der Waals surface area (Å²) in [6, 6.07) is 0. The molecule has 24 heavy (non-hydrogen) atoms. The van der Waals surface area contributed by atoms with Crippen LogP contribution in [0.5, 0.6) is 0 Å². The molecule has 2 fully saturated rings. The molecule has 1 amide bonds. The van der Waals surface area contributed by atoms with E-state index in [1.807, 2.05) is 0 Å². The number of hydrogen-bond donors (Lipinski definition) is 1. The molecule has 2 aliphatic carbocycles. The molecule has 3 rings (SSSR count). The highest BCUT2D eigenvalue weighted by molar-refractivity contribution is 6.06. The fraction of sp³-hybridized carbons (Fsp3) is 0.895. The first-order chi connectivity index (χ1) is 11.5. The molecule has 0 aromatic heterocycles. The van der Waals surface area contributed by atoms with Gasteiger partial charge in [-0.15, -0.1) is 0 Å². The lowest BCUT2D eigenvalue weighted by atomic mass is 9.79. The van der Waals surface area contributed by atoms with Gasteiger partial charge >= 0.3 is 0 Å². The fourth-order valence-electron chi connectivity index (χ4n) is 4.70. The van der Waals surface area contributed by atoms with Gasteiger partial charge in [-0.05, 0) is 31.1 Å². The largest absolute Gasteiger partial charge is 0.375 e. The van der Waals surface area contributed by atoms with Crippen LogP contribution in [0.4, 0.5) is 0 Å². The summed E-state index contributed by atoms with van der Waals surface area (Å²) in [5, 5.41) is 0. The summed E-state index contributed by atoms with van der Waals surface area (Å²) in [5.41, 5.74) is 5.20. The van der Waals surface area contributed by atoms with E-state index in [0.29, 0.717) is 24.4 Å². The van der Waals surface area contributed by atoms with E-state index in [1.165, 1.54) is 49.8 Å². The van der Waals surface area contributed by atoms with Gasteiger partial charge in [0.15, 0.2) is 11.5 Å². The monoisotopic (exact) mass is 335 g/mol. The Morgan fingerprint density at radius 3 is 2.58 bits per heavy atom. The molecule has 1 heterocycles. The van der Waals surface area contributed by atoms with Crippen LogP contribution in [0.15, 0.2) is 4.99 Å². The van der Waals surface area contributed by atoms with Gasteiger partial charge in [0.1, 0.15) is 0 Å². The lowest BCUT2D eigenvalue weighted by Crippen LogP contribution is -2.47. The van der Waals surface area contributed by atoms with Crippen LogP contribution in [0.3, 0.4) is 0 Å². The number of amides is 1. The SMILES string of the molecule is CC1CCCC(OCC2(CC3CCCCC3)N=C(N)N(C)C2=O)C1. The van der Waals surface area contributed by atoms with Gasteiger partial charge in [-0.1, -0.05) is 51.9 Å². The van der Waals surface area contributed by atoms with Crippen LogP contribution in [-0.2, 0) is 9.53 Å². The summed E-state index contributed by atoms with van der Waals surface area (Å²) in [7, 11) is 1.73. The zero-order valence-electron chi connectivity index (χ0n) is 15.3. The van der Waals surface area contributed by atoms with E-state index in [0.717, 1.165) is 19.3 Å². The van der Waals surface area contributed by atoms with Gasteiger partial charge in [0.2, 0.25) is 0 Å². The zero-order valence-corrected chi connectivity index (χ0v) is 15.3. The molecule has 0 saturated heterocycles. The molecular formula is C19H33N3O2. The highest BCUT2D eigenvalue weighted by Gasteiger charge is 2.48. The molecule has 0 aromatic rings. The normalized spacial score (nSPS) is 35.3. The first-order valence-corrected chi connectivity index (χ1v) is 9.75. The minimum Gasteiger partial charge on any atom is -0.375 e. The van der Waals surface area contributed by atoms with Gasteiger partial charge in [0, 0.05) is 7.05 Å². The molecule has 0 radical (unpaired) electrons. The second-order valence-corrected chi connectivity index (χ2v) is 8.28. The van der Waals surface area contributed by atoms with E-state index in [-0.39, 0.29) is 12.0 Å². The van der Waals surface area contributed by atoms with Crippen molar-refractivity contribution in [1.82, 2.24) is 4.90 Å². The molecule has 2 N–H and O–H groups in total. The molecule has 3 aliphatic rings. The van der Waals surface area contributed by atoms with Gasteiger partial charge in [-0.2, -0.15) is 0 Å². The van der Waals surface area contributed by atoms with E-state index >= 15 is 0 Å². The van der Waals surface area contributed by atoms with Crippen molar-refractivity contribution in [2.24, 2.45) is 22.6 Å². The van der Waals surface area contributed by atoms with Crippen LogP contribution in [0.1, 0.15) is 71.1 Å². The number of hydrogen-bond acceptors (Lipinski definition) is 4. The lowest BCUT2D eigenvalue weighted by Gasteiger charge is -2.34. The fourth-order valence-corrected chi connectivity index (χ4v) is 4.70. The molecule has 3 unspecified atom stereocenters. The Morgan fingerprint density at radius 2 is 1.96 bits per heavy atom. The summed E-state index contributed by atoms with van der Waals surface area (Å²) >= 11 is 0. The number of nitrogens with two attached hydrogens (primary N) is 1. The van der Waals surface area contributed by atoms with Crippen molar-refractivity contribution in [2.75, 3.05) is 13.7 Å². The molecule has 1 aliphatic heterocycles. The molecule has 0 aromatic carbocycles. The number of guanidine groups is 1. The van der Waals surface area contributed by atoms with E-state index in [1.54, 1.807) is 7.05 Å². The third-order valence-electron chi connectivity index (χ3n) is 6.17. The number of likely N-dealkylation sites (N-methyl/N-ethyl adjacent to an activating group) is 1. The van der Waals surface area contributed by atoms with Crippen LogP contribution in [0, 0.1) is 11.8 Å². The Morgan fingerprint density at radius 1 is 1.21 bits per heavy atom. The summed E-state index contributed by atoms with van der Waals surface area (Å²) in [6.45, 7) is 2.68. The Labute approximate surface area is 146 Å². The maximum absolute atomic E-state index is 12.9. The second-order valence-electron chi connectivity index (χ2n) is 8.28. The number of aliphatic imine (C=N–C) groups is 1. The van der Waals surface area contributed by atoms with Gasteiger partial charge in [0.05, 0.1) is 12.7 Å². The van der Waals surface area contributed by atoms with Crippen LogP contribution in [0.2, 0.25) is 0 Å². The number of carbonyl (C=O) groups is 1. The minimum absolute atomic E-state index is 0.0226. The number of ether oxygens (including phenoxy) is 1. The van der Waals surface area contributed by atoms with Crippen LogP contribution in [0.25, 0.3) is 0 Å². The van der Waals surface area contributed by atoms with E-state index in [9.17, 15) is 4.79 Å². The van der Waals surface area contributed by atoms with Crippen LogP contribution in [-0.4, -0.2) is 42.1 Å². The maximum atomic E-state index is 12.9. The van der Waals surface area contributed by atoms with E-state index in [4.69, 9.17) is 10.5 Å². The summed E-state index contributed by atoms with van der Waals surface area (Å²) in [6.07, 6.45) is 12.0. The topological polar surface area (TPSA) is 67.9 Å². The molecular weight excluding hydrogens is 302 g/mol. The number of carbonyl (C=O) groups excluding carboxylic acids is 1. The molecule has 2 saturated carbocycles. The molecule has 136 valence electrons. The smallest absolute Gasteiger partial charge is 0.259 e. The Kier molecular flexibility index (Phi) is 5.48. The van der Waals surface area contributed by atoms with Crippen molar-refractivity contribution in [3.05, 3.63) is 0 Å². The second kappa shape index (κ2) is 7.42. The van der Waals surface area contributed by atoms with Crippen LogP contribution < -0.4 is 5.73 Å². The van der Waals surface area contributed by atoms with E-state index in [2.05, 4.69) is 11.9 Å². The van der Waals surface area contributed by atoms with Crippen molar-refractivity contribution in [1.29, 1.82) is 0 Å². The maximum Gasteiger partial charge on any atom is 0.259 e. The third-order valence-corrected chi connectivity index (χ3v) is 6.17. The Hall–Kier alpha value is -1.10. The average molecular weight is 335 g/mol. The van der Waals surface area contributed by atoms with Gasteiger partial charge in [0.25, 0.3) is 5.91 Å². The highest BCUT2D eigenvalue weighted by atomic mass is 16.5. The van der Waals surface area contributed by atoms with Gasteiger partial charge in [-0.3, -0.25) is 9.69 Å². The quantitative estimate of drug-likeness (QED) is 0.839. The van der Waals surface area contributed by atoms with Crippen molar-refractivity contribution in [2.45, 2.75) is 82.8 Å². The predicted molar refractivity (Wildman–Crippen MR) is 95.7 cm³/mol. The molecule has 0 bridgehead atoms. The highest BCUT2D eigenvalue weighted by Crippen LogP contribution is 2.36. The first kappa shape index (κ1) is 17.7. The van der Waals surface area contributed by atoms with Crippen molar-refractivity contribution in [3.63, 3.8) is 0 Å². The van der Waals surface area contributed by atoms with E-state index < -0.39 is 5.54 Å². The van der Waals surface area contributed by atoms with Gasteiger partial charge in [-0.25, -0.2) is 4.99 Å². The third kappa shape index (κ3) is 3.76. The summed E-state index contributed by atoms with van der Waals surface area (Å²) in [5.74, 6) is 1.65. The average Bonchev–Trinajstić information content (AvgIpc) is 2.78. The first-order valence-electron chi connectivity index (χ1n) is 9.75. The Bertz CT molecular complexity index is 487. The predicted octanol–water partition coefficient (Wildman–Crippen LogP) is 3.08. The van der Waals surface area contributed by atoms with Crippen molar-refractivity contribution >= 4 is 11.9 Å². The standard InChI is InChI=1S/C19H33N3O2/c1-14-7-6-10-16(11-14)24-13-19(12-15-8-4-3-5-9-15)17(23)22(2)18(20)21-19/h14-16H,3-13H2,1-2H3,(H2,20,21). The molecule has 3 atom stereocenters. The van der Waals surface area contributed by atoms with Gasteiger partial charge < -0.3 is 10.5 Å². The lowest BCUT2D eigenvalue weighted by molar-refractivity contribution is -0.135. The zero-order chi connectivity index (χ0) is 17.2. The number of nitrogens with zero attached hydrogens (tertiary/aromatic N) is 2. The number of rotatable bonds is 5. The summed E-state index contributed by atoms with van der Waals surface area (Å²) < 4.78 is 6.24. The molecule has 5 nitrogen and oxygen atoms in total. The summed E-state index contributed by atoms with van der Waals surface area (Å²) in [4.78, 5) is 19.0. The van der Waals surface area contributed by atoms with Crippen molar-refractivity contribution < 1.29 is 9.53 Å². The van der Waals surface area contributed by atoms with Crippen LogP contribution >= 0.6 is 0 Å². The minimum atomic E-state index is -0.776. The Balaban J connectivity index is 1.69. The van der Waals surface area contributed by atoms with Crippen molar-refractivity contribution in [3.8, 4) is 0 Å². The molecule has 5 heteroatoms.